The Bertz CT molecular complexity index is 611. The van der Waals surface area contributed by atoms with E-state index in [0.717, 1.165) is 36.1 Å². The molecule has 0 radical (unpaired) electrons. The highest BCUT2D eigenvalue weighted by atomic mass is 14.9. The van der Waals surface area contributed by atoms with E-state index in [9.17, 15) is 0 Å². The Morgan fingerprint density at radius 3 is 2.72 bits per heavy atom. The third-order valence-electron chi connectivity index (χ3n) is 5.62. The van der Waals surface area contributed by atoms with Gasteiger partial charge in [-0.25, -0.2) is 0 Å². The molecule has 0 aliphatic heterocycles. The number of nitrogens with one attached hydrogen (secondary N) is 1. The van der Waals surface area contributed by atoms with Crippen LogP contribution in [0.1, 0.15) is 69.4 Å². The fourth-order valence-corrected chi connectivity index (χ4v) is 3.89. The molecule has 136 valence electrons. The lowest BCUT2D eigenvalue weighted by Crippen LogP contribution is -2.00. The minimum Gasteiger partial charge on any atom is -0.359 e. The summed E-state index contributed by atoms with van der Waals surface area (Å²) >= 11 is 0. The lowest BCUT2D eigenvalue weighted by atomic mass is 9.94. The highest BCUT2D eigenvalue weighted by molar-refractivity contribution is 5.69. The average Bonchev–Trinajstić information content (AvgIpc) is 3.04. The number of allylic oxidation sites excluding steroid dienone is 3. The van der Waals surface area contributed by atoms with Gasteiger partial charge in [0.1, 0.15) is 0 Å². The van der Waals surface area contributed by atoms with Crippen LogP contribution in [0.3, 0.4) is 0 Å². The van der Waals surface area contributed by atoms with Crippen LogP contribution in [0.25, 0.3) is 5.57 Å². The Morgan fingerprint density at radius 1 is 1.24 bits per heavy atom. The van der Waals surface area contributed by atoms with Crippen molar-refractivity contribution in [3.63, 3.8) is 0 Å². The molecule has 0 amide bonds. The van der Waals surface area contributed by atoms with E-state index in [-0.39, 0.29) is 0 Å². The van der Waals surface area contributed by atoms with Crippen LogP contribution < -0.4 is 5.32 Å². The van der Waals surface area contributed by atoms with Crippen molar-refractivity contribution in [2.45, 2.75) is 65.2 Å². The first-order valence-corrected chi connectivity index (χ1v) is 9.88. The van der Waals surface area contributed by atoms with Crippen molar-refractivity contribution >= 4 is 11.3 Å². The topological polar surface area (TPSA) is 12.0 Å². The number of hydrogen-bond donors (Lipinski definition) is 1. The molecule has 1 N–H and O–H groups in total. The van der Waals surface area contributed by atoms with Crippen LogP contribution in [-0.2, 0) is 0 Å². The summed E-state index contributed by atoms with van der Waals surface area (Å²) < 4.78 is 0. The molecule has 25 heavy (non-hydrogen) atoms. The standard InChI is InChI=1S/C24H35N/c1-6-9-21-13-14-22(16-21)11-8-10-18(3)23-15-12-19(4)24(17-23)25-20(5)7-2/h6,12,15,17,21-22,25H,1,3,5,7-11,13-14,16H2,2,4H3. The molecule has 0 heterocycles. The first-order chi connectivity index (χ1) is 12.0. The van der Waals surface area contributed by atoms with Gasteiger partial charge in [-0.2, -0.15) is 0 Å². The Kier molecular flexibility index (Phi) is 7.55. The first kappa shape index (κ1) is 19.6. The van der Waals surface area contributed by atoms with E-state index in [1.165, 1.54) is 55.2 Å². The molecule has 0 spiro atoms. The zero-order valence-electron chi connectivity index (χ0n) is 16.2. The van der Waals surface area contributed by atoms with Gasteiger partial charge in [0.15, 0.2) is 0 Å². The highest BCUT2D eigenvalue weighted by Gasteiger charge is 2.23. The van der Waals surface area contributed by atoms with Crippen LogP contribution in [0.5, 0.6) is 0 Å². The molecule has 0 aromatic heterocycles. The minimum atomic E-state index is 0.892. The minimum absolute atomic E-state index is 0.892. The molecule has 1 fully saturated rings. The Balaban J connectivity index is 1.83. The monoisotopic (exact) mass is 337 g/mol. The normalized spacial score (nSPS) is 19.6. The third-order valence-corrected chi connectivity index (χ3v) is 5.62. The van der Waals surface area contributed by atoms with Gasteiger partial charge >= 0.3 is 0 Å². The number of benzene rings is 1. The molecular formula is C24H35N. The zero-order valence-corrected chi connectivity index (χ0v) is 16.2. The molecule has 0 bridgehead atoms. The second-order valence-corrected chi connectivity index (χ2v) is 7.68. The van der Waals surface area contributed by atoms with Crippen molar-refractivity contribution in [3.8, 4) is 0 Å². The molecule has 1 heteroatoms. The van der Waals surface area contributed by atoms with Gasteiger partial charge in [-0.1, -0.05) is 51.1 Å². The number of rotatable bonds is 10. The summed E-state index contributed by atoms with van der Waals surface area (Å²) in [5, 5.41) is 3.43. The maximum absolute atomic E-state index is 4.34. The Morgan fingerprint density at radius 2 is 2.00 bits per heavy atom. The molecule has 1 saturated carbocycles. The quantitative estimate of drug-likeness (QED) is 0.436. The predicted octanol–water partition coefficient (Wildman–Crippen LogP) is 7.51. The summed E-state index contributed by atoms with van der Waals surface area (Å²) in [6.07, 6.45) is 12.1. The van der Waals surface area contributed by atoms with Crippen LogP contribution in [0, 0.1) is 18.8 Å². The van der Waals surface area contributed by atoms with Crippen LogP contribution in [0.15, 0.2) is 49.7 Å². The summed E-state index contributed by atoms with van der Waals surface area (Å²) in [6, 6.07) is 6.62. The van der Waals surface area contributed by atoms with Crippen LogP contribution in [-0.4, -0.2) is 0 Å². The lowest BCUT2D eigenvalue weighted by Gasteiger charge is -2.15. The average molecular weight is 338 g/mol. The molecule has 1 aliphatic rings. The van der Waals surface area contributed by atoms with E-state index in [1.54, 1.807) is 0 Å². The van der Waals surface area contributed by atoms with Gasteiger partial charge in [0.25, 0.3) is 0 Å². The van der Waals surface area contributed by atoms with Gasteiger partial charge in [0.2, 0.25) is 0 Å². The van der Waals surface area contributed by atoms with Crippen molar-refractivity contribution in [3.05, 3.63) is 60.8 Å². The van der Waals surface area contributed by atoms with Crippen LogP contribution in [0.2, 0.25) is 0 Å². The van der Waals surface area contributed by atoms with E-state index in [4.69, 9.17) is 0 Å². The van der Waals surface area contributed by atoms with Crippen LogP contribution >= 0.6 is 0 Å². The fourth-order valence-electron chi connectivity index (χ4n) is 3.89. The van der Waals surface area contributed by atoms with E-state index in [2.05, 4.69) is 63.2 Å². The third kappa shape index (κ3) is 5.92. The highest BCUT2D eigenvalue weighted by Crippen LogP contribution is 2.36. The van der Waals surface area contributed by atoms with E-state index >= 15 is 0 Å². The van der Waals surface area contributed by atoms with E-state index in [0.29, 0.717) is 0 Å². The number of hydrogen-bond acceptors (Lipinski definition) is 1. The van der Waals surface area contributed by atoms with E-state index in [1.807, 2.05) is 0 Å². The molecule has 0 saturated heterocycles. The van der Waals surface area contributed by atoms with Gasteiger partial charge in [0, 0.05) is 11.4 Å². The summed E-state index contributed by atoms with van der Waals surface area (Å²) in [7, 11) is 0. The van der Waals surface area contributed by atoms with Gasteiger partial charge < -0.3 is 5.32 Å². The number of aryl methyl sites for hydroxylation is 1. The van der Waals surface area contributed by atoms with Gasteiger partial charge in [0.05, 0.1) is 0 Å². The lowest BCUT2D eigenvalue weighted by molar-refractivity contribution is 0.456. The summed E-state index contributed by atoms with van der Waals surface area (Å²) in [5.74, 6) is 1.81. The molecule has 1 aliphatic carbocycles. The predicted molar refractivity (Wildman–Crippen MR) is 113 cm³/mol. The second-order valence-electron chi connectivity index (χ2n) is 7.68. The summed E-state index contributed by atoms with van der Waals surface area (Å²) in [6.45, 7) is 16.5. The van der Waals surface area contributed by atoms with Gasteiger partial charge in [-0.15, -0.1) is 6.58 Å². The summed E-state index contributed by atoms with van der Waals surface area (Å²) in [5.41, 5.74) is 5.99. The van der Waals surface area contributed by atoms with Crippen molar-refractivity contribution in [2.75, 3.05) is 5.32 Å². The molecule has 2 atom stereocenters. The SMILES string of the molecule is C=CCC1CCC(CCCC(=C)c2ccc(C)c(NC(=C)CC)c2)C1. The summed E-state index contributed by atoms with van der Waals surface area (Å²) in [4.78, 5) is 0. The molecule has 2 rings (SSSR count). The van der Waals surface area contributed by atoms with Crippen molar-refractivity contribution in [1.29, 1.82) is 0 Å². The van der Waals surface area contributed by atoms with Gasteiger partial charge in [-0.3, -0.25) is 0 Å². The van der Waals surface area contributed by atoms with Crippen molar-refractivity contribution in [2.24, 2.45) is 11.8 Å². The van der Waals surface area contributed by atoms with Gasteiger partial charge in [-0.05, 0) is 80.1 Å². The largest absolute Gasteiger partial charge is 0.359 e. The van der Waals surface area contributed by atoms with Crippen molar-refractivity contribution < 1.29 is 0 Å². The Hall–Kier alpha value is -1.76. The Labute approximate surface area is 154 Å². The first-order valence-electron chi connectivity index (χ1n) is 9.88. The molecule has 1 aromatic carbocycles. The smallest absolute Gasteiger partial charge is 0.0417 e. The maximum Gasteiger partial charge on any atom is 0.0417 e. The maximum atomic E-state index is 4.34. The van der Waals surface area contributed by atoms with Crippen LogP contribution in [0.4, 0.5) is 5.69 Å². The fraction of sp³-hybridized carbons (Fsp3) is 0.500. The zero-order chi connectivity index (χ0) is 18.2. The number of anilines is 1. The molecule has 1 aromatic rings. The van der Waals surface area contributed by atoms with E-state index < -0.39 is 0 Å². The molecule has 1 nitrogen and oxygen atoms in total. The molecular weight excluding hydrogens is 302 g/mol. The second kappa shape index (κ2) is 9.65. The van der Waals surface area contributed by atoms with Crippen molar-refractivity contribution in [1.82, 2.24) is 0 Å². The molecule has 2 unspecified atom stereocenters.